The Kier molecular flexibility index (Phi) is 6.08. The summed E-state index contributed by atoms with van der Waals surface area (Å²) >= 11 is 8.41. The molecule has 0 bridgehead atoms. The van der Waals surface area contributed by atoms with Crippen LogP contribution in [0, 0.1) is 0 Å². The van der Waals surface area contributed by atoms with Gasteiger partial charge in [0.05, 0.1) is 32.7 Å². The summed E-state index contributed by atoms with van der Waals surface area (Å²) in [7, 11) is 0. The summed E-state index contributed by atoms with van der Waals surface area (Å²) in [5.74, 6) is 0.317. The van der Waals surface area contributed by atoms with Crippen LogP contribution in [0.2, 0.25) is 5.02 Å². The maximum atomic E-state index is 13.0. The molecule has 0 fully saturated rings. The number of halogens is 4. The van der Waals surface area contributed by atoms with Gasteiger partial charge in [-0.25, -0.2) is 0 Å². The molecule has 2 heterocycles. The highest BCUT2D eigenvalue weighted by molar-refractivity contribution is 7.99. The van der Waals surface area contributed by atoms with Crippen molar-refractivity contribution in [2.45, 2.75) is 11.9 Å². The van der Waals surface area contributed by atoms with Crippen molar-refractivity contribution in [3.05, 3.63) is 52.2 Å². The monoisotopic (exact) mass is 433 g/mol. The van der Waals surface area contributed by atoms with E-state index in [-0.39, 0.29) is 16.5 Å². The normalized spacial score (nSPS) is 11.6. The van der Waals surface area contributed by atoms with Gasteiger partial charge in [0, 0.05) is 0 Å². The number of aromatic nitrogens is 2. The molecule has 2 aromatic heterocycles. The van der Waals surface area contributed by atoms with Crippen LogP contribution in [0.5, 0.6) is 0 Å². The Bertz CT molecular complexity index is 929. The van der Waals surface area contributed by atoms with Crippen LogP contribution in [0.15, 0.2) is 40.2 Å². The summed E-state index contributed by atoms with van der Waals surface area (Å²) in [4.78, 5) is 17.1. The highest BCUT2D eigenvalue weighted by atomic mass is 35.5. The predicted molar refractivity (Wildman–Crippen MR) is 98.9 cm³/mol. The number of thioether (sulfide) groups is 1. The van der Waals surface area contributed by atoms with Gasteiger partial charge in [0.15, 0.2) is 0 Å². The summed E-state index contributed by atoms with van der Waals surface area (Å²) in [6, 6.07) is 7.03. The lowest BCUT2D eigenvalue weighted by Crippen LogP contribution is -2.18. The van der Waals surface area contributed by atoms with Gasteiger partial charge >= 0.3 is 6.18 Å². The first kappa shape index (κ1) is 19.7. The van der Waals surface area contributed by atoms with E-state index in [0.29, 0.717) is 11.7 Å². The van der Waals surface area contributed by atoms with Crippen molar-refractivity contribution in [1.82, 2.24) is 10.1 Å². The molecule has 0 saturated heterocycles. The fraction of sp³-hybridized carbons (Fsp3) is 0.188. The molecule has 0 aliphatic rings. The minimum atomic E-state index is -4.62. The second-order valence-corrected chi connectivity index (χ2v) is 7.53. The van der Waals surface area contributed by atoms with E-state index in [2.05, 4.69) is 15.5 Å². The zero-order valence-corrected chi connectivity index (χ0v) is 15.8. The molecule has 0 radical (unpaired) electrons. The van der Waals surface area contributed by atoms with E-state index >= 15 is 0 Å². The molecule has 0 unspecified atom stereocenters. The van der Waals surface area contributed by atoms with Crippen LogP contribution >= 0.6 is 34.7 Å². The predicted octanol–water partition coefficient (Wildman–Crippen LogP) is 5.34. The van der Waals surface area contributed by atoms with Crippen LogP contribution < -0.4 is 5.32 Å². The highest BCUT2D eigenvalue weighted by Gasteiger charge is 2.34. The largest absolute Gasteiger partial charge is 0.418 e. The van der Waals surface area contributed by atoms with Crippen LogP contribution in [0.25, 0.3) is 10.7 Å². The number of rotatable bonds is 6. The Balaban J connectivity index is 1.57. The summed E-state index contributed by atoms with van der Waals surface area (Å²) in [5.41, 5.74) is -1.44. The molecule has 0 spiro atoms. The molecule has 27 heavy (non-hydrogen) atoms. The first-order valence-electron chi connectivity index (χ1n) is 7.44. The molecule has 5 nitrogen and oxygen atoms in total. The van der Waals surface area contributed by atoms with E-state index < -0.39 is 23.3 Å². The maximum absolute atomic E-state index is 13.0. The van der Waals surface area contributed by atoms with Gasteiger partial charge in [-0.3, -0.25) is 4.79 Å². The molecule has 0 atom stereocenters. The summed E-state index contributed by atoms with van der Waals surface area (Å²) in [6.07, 6.45) is -4.62. The molecule has 11 heteroatoms. The Hall–Kier alpha value is -2.04. The molecule has 3 rings (SSSR count). The number of hydrogen-bond acceptors (Lipinski definition) is 6. The van der Waals surface area contributed by atoms with Gasteiger partial charge in [-0.15, -0.1) is 23.1 Å². The molecule has 1 aromatic carbocycles. The molecular weight excluding hydrogens is 423 g/mol. The lowest BCUT2D eigenvalue weighted by atomic mass is 10.1. The molecule has 0 aliphatic heterocycles. The Labute approximate surface area is 164 Å². The average molecular weight is 434 g/mol. The Morgan fingerprint density at radius 3 is 2.81 bits per heavy atom. The third kappa shape index (κ3) is 5.02. The van der Waals surface area contributed by atoms with Crippen molar-refractivity contribution in [3.63, 3.8) is 0 Å². The summed E-state index contributed by atoms with van der Waals surface area (Å²) in [5, 5.41) is 7.77. The maximum Gasteiger partial charge on any atom is 0.418 e. The van der Waals surface area contributed by atoms with Crippen LogP contribution in [0.1, 0.15) is 11.5 Å². The number of anilines is 1. The average Bonchev–Trinajstić information content (AvgIpc) is 3.26. The number of carbonyl (C=O) groups excluding carboxylic acids is 1. The molecule has 1 N–H and O–H groups in total. The second-order valence-electron chi connectivity index (χ2n) is 5.19. The lowest BCUT2D eigenvalue weighted by molar-refractivity contribution is -0.137. The fourth-order valence-electron chi connectivity index (χ4n) is 2.11. The van der Waals surface area contributed by atoms with Crippen molar-refractivity contribution in [1.29, 1.82) is 0 Å². The van der Waals surface area contributed by atoms with E-state index in [1.807, 2.05) is 17.5 Å². The van der Waals surface area contributed by atoms with Crippen molar-refractivity contribution >= 4 is 46.3 Å². The van der Waals surface area contributed by atoms with Gasteiger partial charge in [0.1, 0.15) is 0 Å². The Morgan fingerprint density at radius 2 is 2.11 bits per heavy atom. The summed E-state index contributed by atoms with van der Waals surface area (Å²) in [6.45, 7) is 0. The number of para-hydroxylation sites is 1. The van der Waals surface area contributed by atoms with Crippen LogP contribution in [0.4, 0.5) is 18.9 Å². The molecule has 1 amide bonds. The number of thiophene rings is 1. The topological polar surface area (TPSA) is 68.0 Å². The number of carbonyl (C=O) groups is 1. The second kappa shape index (κ2) is 8.32. The molecule has 0 aliphatic carbocycles. The van der Waals surface area contributed by atoms with Crippen molar-refractivity contribution < 1.29 is 22.5 Å². The first-order chi connectivity index (χ1) is 12.8. The zero-order chi connectivity index (χ0) is 19.4. The van der Waals surface area contributed by atoms with E-state index in [1.165, 1.54) is 23.5 Å². The number of hydrogen-bond donors (Lipinski definition) is 1. The molecule has 0 saturated carbocycles. The van der Waals surface area contributed by atoms with Gasteiger partial charge in [0.25, 0.3) is 0 Å². The number of nitrogens with one attached hydrogen (secondary N) is 1. The number of benzene rings is 1. The van der Waals surface area contributed by atoms with Crippen molar-refractivity contribution in [2.75, 3.05) is 11.1 Å². The minimum Gasteiger partial charge on any atom is -0.338 e. The lowest BCUT2D eigenvalue weighted by Gasteiger charge is -2.14. The van der Waals surface area contributed by atoms with Crippen LogP contribution in [0.3, 0.4) is 0 Å². The number of amides is 1. The van der Waals surface area contributed by atoms with Gasteiger partial charge in [0.2, 0.25) is 17.6 Å². The van der Waals surface area contributed by atoms with Gasteiger partial charge in [-0.1, -0.05) is 28.9 Å². The Morgan fingerprint density at radius 1 is 1.30 bits per heavy atom. The number of alkyl halides is 3. The summed E-state index contributed by atoms with van der Waals surface area (Å²) < 4.78 is 44.2. The van der Waals surface area contributed by atoms with Gasteiger partial charge < -0.3 is 9.84 Å². The standard InChI is InChI=1S/C16H11ClF3N3O2S2/c17-10-4-1-3-9(16(18,19)20)14(10)21-12(24)7-26-8-13-22-15(23-25-13)11-5-2-6-27-11/h1-6H,7-8H2,(H,21,24). The quantitative estimate of drug-likeness (QED) is 0.568. The minimum absolute atomic E-state index is 0.0980. The van der Waals surface area contributed by atoms with E-state index in [4.69, 9.17) is 16.1 Å². The van der Waals surface area contributed by atoms with E-state index in [9.17, 15) is 18.0 Å². The smallest absolute Gasteiger partial charge is 0.338 e. The van der Waals surface area contributed by atoms with E-state index in [0.717, 1.165) is 22.7 Å². The third-order valence-corrected chi connectivity index (χ3v) is 5.35. The SMILES string of the molecule is O=C(CSCc1nc(-c2cccs2)no1)Nc1c(Cl)cccc1C(F)(F)F. The molecule has 142 valence electrons. The molecular formula is C16H11ClF3N3O2S2. The third-order valence-electron chi connectivity index (χ3n) is 3.25. The van der Waals surface area contributed by atoms with Crippen LogP contribution in [-0.4, -0.2) is 21.8 Å². The van der Waals surface area contributed by atoms with Crippen molar-refractivity contribution in [3.8, 4) is 10.7 Å². The van der Waals surface area contributed by atoms with Crippen LogP contribution in [-0.2, 0) is 16.7 Å². The zero-order valence-electron chi connectivity index (χ0n) is 13.4. The highest BCUT2D eigenvalue weighted by Crippen LogP contribution is 2.38. The fourth-order valence-corrected chi connectivity index (χ4v) is 3.64. The first-order valence-corrected chi connectivity index (χ1v) is 9.85. The van der Waals surface area contributed by atoms with Crippen molar-refractivity contribution in [2.24, 2.45) is 0 Å². The van der Waals surface area contributed by atoms with Gasteiger partial charge in [-0.2, -0.15) is 18.2 Å². The number of nitrogens with zero attached hydrogens (tertiary/aromatic N) is 2. The van der Waals surface area contributed by atoms with E-state index in [1.54, 1.807) is 0 Å². The molecule has 3 aromatic rings. The van der Waals surface area contributed by atoms with Gasteiger partial charge in [-0.05, 0) is 23.6 Å².